The highest BCUT2D eigenvalue weighted by molar-refractivity contribution is 5.87. The Morgan fingerprint density at radius 2 is 2.09 bits per heavy atom. The molecule has 2 unspecified atom stereocenters. The monoisotopic (exact) mass is 312 g/mol. The number of carbonyl (C=O) groups excluding carboxylic acids is 1. The lowest BCUT2D eigenvalue weighted by molar-refractivity contribution is -0.127. The standard InChI is InChI=1S/C21H28O2/c1-4-23-15-9-11-20(2)14(13-15)5-6-16-17-7-8-19(22)21(17,3)12-10-18(16)20/h5,10,13,16-17H,4,6-9,11-12H2,1-3H3/t16?,17?,20-,21-/m0/s1. The molecule has 0 radical (unpaired) electrons. The second kappa shape index (κ2) is 5.09. The van der Waals surface area contributed by atoms with Crippen LogP contribution in [0.3, 0.4) is 0 Å². The molecule has 0 bridgehead atoms. The third-order valence-electron chi connectivity index (χ3n) is 7.15. The Morgan fingerprint density at radius 3 is 2.87 bits per heavy atom. The smallest absolute Gasteiger partial charge is 0.139 e. The van der Waals surface area contributed by atoms with Crippen molar-refractivity contribution in [2.24, 2.45) is 22.7 Å². The summed E-state index contributed by atoms with van der Waals surface area (Å²) in [7, 11) is 0. The largest absolute Gasteiger partial charge is 0.498 e. The Kier molecular flexibility index (Phi) is 3.37. The second-order valence-electron chi connectivity index (χ2n) is 8.23. The lowest BCUT2D eigenvalue weighted by Crippen LogP contribution is -2.43. The van der Waals surface area contributed by atoms with Gasteiger partial charge in [0.2, 0.25) is 0 Å². The highest BCUT2D eigenvalue weighted by Gasteiger charge is 2.55. The van der Waals surface area contributed by atoms with Crippen LogP contribution in [0.15, 0.2) is 35.1 Å². The van der Waals surface area contributed by atoms with Crippen molar-refractivity contribution in [2.75, 3.05) is 6.61 Å². The topological polar surface area (TPSA) is 26.3 Å². The summed E-state index contributed by atoms with van der Waals surface area (Å²) >= 11 is 0. The number of allylic oxidation sites excluding steroid dienone is 6. The molecule has 2 nitrogen and oxygen atoms in total. The number of carbonyl (C=O) groups is 1. The van der Waals surface area contributed by atoms with Gasteiger partial charge in [-0.25, -0.2) is 0 Å². The van der Waals surface area contributed by atoms with Gasteiger partial charge in [0.15, 0.2) is 0 Å². The number of ether oxygens (including phenoxy) is 1. The van der Waals surface area contributed by atoms with Gasteiger partial charge in [-0.05, 0) is 56.1 Å². The van der Waals surface area contributed by atoms with Crippen molar-refractivity contribution in [3.63, 3.8) is 0 Å². The molecular formula is C21H28O2. The molecule has 0 aromatic carbocycles. The number of Topliss-reactive ketones (excluding diaryl/α,β-unsaturated/α-hetero) is 1. The van der Waals surface area contributed by atoms with Crippen LogP contribution >= 0.6 is 0 Å². The molecule has 1 saturated carbocycles. The molecule has 4 aliphatic carbocycles. The SMILES string of the molecule is CCOC1=CC2=CCC3C(=CC[C@]4(C)C(=O)CCC34)[C@@]2(C)CC1. The van der Waals surface area contributed by atoms with Gasteiger partial charge in [0.25, 0.3) is 0 Å². The second-order valence-corrected chi connectivity index (χ2v) is 8.23. The molecule has 1 fully saturated rings. The van der Waals surface area contributed by atoms with Gasteiger partial charge in [-0.3, -0.25) is 4.79 Å². The number of ketones is 1. The summed E-state index contributed by atoms with van der Waals surface area (Å²) in [6.07, 6.45) is 13.3. The van der Waals surface area contributed by atoms with E-state index in [4.69, 9.17) is 4.74 Å². The molecule has 4 aliphatic rings. The van der Waals surface area contributed by atoms with Crippen LogP contribution in [0.5, 0.6) is 0 Å². The number of hydrogen-bond donors (Lipinski definition) is 0. The van der Waals surface area contributed by atoms with Crippen LogP contribution in [-0.2, 0) is 9.53 Å². The third kappa shape index (κ3) is 2.03. The molecule has 0 aliphatic heterocycles. The first-order valence-corrected chi connectivity index (χ1v) is 9.27. The van der Waals surface area contributed by atoms with Crippen LogP contribution in [0.1, 0.15) is 59.3 Å². The molecule has 0 aromatic rings. The molecule has 124 valence electrons. The van der Waals surface area contributed by atoms with Crippen molar-refractivity contribution in [1.29, 1.82) is 0 Å². The lowest BCUT2D eigenvalue weighted by atomic mass is 9.53. The van der Waals surface area contributed by atoms with E-state index in [0.717, 1.165) is 50.9 Å². The first-order valence-electron chi connectivity index (χ1n) is 9.27. The molecule has 0 saturated heterocycles. The number of rotatable bonds is 2. The van der Waals surface area contributed by atoms with Gasteiger partial charge in [0.05, 0.1) is 12.4 Å². The first-order chi connectivity index (χ1) is 11.0. The summed E-state index contributed by atoms with van der Waals surface area (Å²) < 4.78 is 5.77. The van der Waals surface area contributed by atoms with Gasteiger partial charge < -0.3 is 4.74 Å². The van der Waals surface area contributed by atoms with Crippen LogP contribution < -0.4 is 0 Å². The minimum absolute atomic E-state index is 0.0865. The van der Waals surface area contributed by atoms with Gasteiger partial charge in [0.1, 0.15) is 5.78 Å². The summed E-state index contributed by atoms with van der Waals surface area (Å²) in [4.78, 5) is 12.4. The van der Waals surface area contributed by atoms with Gasteiger partial charge in [-0.2, -0.15) is 0 Å². The van der Waals surface area contributed by atoms with E-state index in [1.165, 1.54) is 5.57 Å². The van der Waals surface area contributed by atoms with E-state index in [2.05, 4.69) is 39.0 Å². The zero-order valence-corrected chi connectivity index (χ0v) is 14.7. The average molecular weight is 312 g/mol. The molecule has 4 atom stereocenters. The van der Waals surface area contributed by atoms with E-state index in [-0.39, 0.29) is 10.8 Å². The molecule has 4 rings (SSSR count). The number of hydrogen-bond acceptors (Lipinski definition) is 2. The predicted molar refractivity (Wildman–Crippen MR) is 91.8 cm³/mol. The van der Waals surface area contributed by atoms with E-state index in [9.17, 15) is 4.79 Å². The van der Waals surface area contributed by atoms with Gasteiger partial charge in [0, 0.05) is 23.7 Å². The Morgan fingerprint density at radius 1 is 1.26 bits per heavy atom. The van der Waals surface area contributed by atoms with Crippen LogP contribution in [0, 0.1) is 22.7 Å². The fourth-order valence-corrected chi connectivity index (χ4v) is 5.69. The van der Waals surface area contributed by atoms with Gasteiger partial charge in [-0.15, -0.1) is 0 Å². The fourth-order valence-electron chi connectivity index (χ4n) is 5.69. The summed E-state index contributed by atoms with van der Waals surface area (Å²) in [5.74, 6) is 2.78. The maximum absolute atomic E-state index is 12.4. The molecule has 0 amide bonds. The van der Waals surface area contributed by atoms with Crippen molar-refractivity contribution in [3.8, 4) is 0 Å². The molecular weight excluding hydrogens is 284 g/mol. The van der Waals surface area contributed by atoms with Crippen LogP contribution in [0.25, 0.3) is 0 Å². The van der Waals surface area contributed by atoms with Crippen molar-refractivity contribution in [3.05, 3.63) is 35.1 Å². The third-order valence-corrected chi connectivity index (χ3v) is 7.15. The highest BCUT2D eigenvalue weighted by atomic mass is 16.5. The van der Waals surface area contributed by atoms with E-state index in [0.29, 0.717) is 17.6 Å². The van der Waals surface area contributed by atoms with E-state index in [1.807, 2.05) is 0 Å². The zero-order chi connectivity index (χ0) is 16.2. The van der Waals surface area contributed by atoms with Gasteiger partial charge in [-0.1, -0.05) is 31.6 Å². The molecule has 0 spiro atoms. The summed E-state index contributed by atoms with van der Waals surface area (Å²) in [6.45, 7) is 7.44. The normalized spacial score (nSPS) is 42.0. The molecule has 0 aromatic heterocycles. The summed E-state index contributed by atoms with van der Waals surface area (Å²) in [6, 6.07) is 0. The maximum atomic E-state index is 12.4. The Labute approximate surface area is 139 Å². The average Bonchev–Trinajstić information content (AvgIpc) is 2.84. The minimum Gasteiger partial charge on any atom is -0.498 e. The van der Waals surface area contributed by atoms with Crippen LogP contribution in [0.2, 0.25) is 0 Å². The van der Waals surface area contributed by atoms with Crippen molar-refractivity contribution in [1.82, 2.24) is 0 Å². The fraction of sp³-hybridized carbons (Fsp3) is 0.667. The summed E-state index contributed by atoms with van der Waals surface area (Å²) in [5, 5.41) is 0. The van der Waals surface area contributed by atoms with Crippen molar-refractivity contribution < 1.29 is 9.53 Å². The first kappa shape index (κ1) is 15.2. The van der Waals surface area contributed by atoms with E-state index < -0.39 is 0 Å². The quantitative estimate of drug-likeness (QED) is 0.673. The maximum Gasteiger partial charge on any atom is 0.139 e. The van der Waals surface area contributed by atoms with Crippen molar-refractivity contribution >= 4 is 5.78 Å². The zero-order valence-electron chi connectivity index (χ0n) is 14.7. The Hall–Kier alpha value is -1.31. The van der Waals surface area contributed by atoms with Crippen LogP contribution in [0.4, 0.5) is 0 Å². The Bertz CT molecular complexity index is 638. The summed E-state index contributed by atoms with van der Waals surface area (Å²) in [5.41, 5.74) is 3.15. The molecule has 0 N–H and O–H groups in total. The molecule has 2 heteroatoms. The molecule has 23 heavy (non-hydrogen) atoms. The number of fused-ring (bicyclic) bond motifs is 5. The Balaban J connectivity index is 1.72. The van der Waals surface area contributed by atoms with E-state index >= 15 is 0 Å². The van der Waals surface area contributed by atoms with Crippen LogP contribution in [-0.4, -0.2) is 12.4 Å². The van der Waals surface area contributed by atoms with E-state index in [1.54, 1.807) is 5.57 Å². The predicted octanol–water partition coefficient (Wildman–Crippen LogP) is 4.97. The highest BCUT2D eigenvalue weighted by Crippen LogP contribution is 2.61. The van der Waals surface area contributed by atoms with Crippen molar-refractivity contribution in [2.45, 2.75) is 59.3 Å². The molecule has 0 heterocycles. The lowest BCUT2D eigenvalue weighted by Gasteiger charge is -2.50. The van der Waals surface area contributed by atoms with Gasteiger partial charge >= 0.3 is 0 Å². The minimum atomic E-state index is -0.0865.